The van der Waals surface area contributed by atoms with Gasteiger partial charge in [-0.15, -0.1) is 35.3 Å². The average molecular weight is 530 g/mol. The number of anilines is 1. The van der Waals surface area contributed by atoms with Gasteiger partial charge in [0.25, 0.3) is 0 Å². The van der Waals surface area contributed by atoms with E-state index in [1.807, 2.05) is 13.8 Å². The molecule has 11 heteroatoms. The van der Waals surface area contributed by atoms with Gasteiger partial charge in [-0.2, -0.15) is 13.2 Å². The van der Waals surface area contributed by atoms with E-state index in [9.17, 15) is 13.2 Å². The lowest BCUT2D eigenvalue weighted by Crippen LogP contribution is -2.30. The molecule has 6 nitrogen and oxygen atoms in total. The van der Waals surface area contributed by atoms with Crippen molar-refractivity contribution in [3.63, 3.8) is 0 Å². The number of methoxy groups -OCH3 is 1. The largest absolute Gasteiger partial charge is 0.493 e. The standard InChI is InChI=1S/C17H21F3N4O2S.HI/c1-4-21-16(22-9-15-24-14(10-27-15)17(18,19)20)23-11-6-7-12(26-5-2)13(8-11)25-3;/h6-8,10H,4-5,9H2,1-3H3,(H2,21,22,23);1H. The maximum Gasteiger partial charge on any atom is 0.434 e. The number of guanidine groups is 1. The zero-order valence-corrected chi connectivity index (χ0v) is 18.7. The molecule has 0 aliphatic heterocycles. The van der Waals surface area contributed by atoms with Crippen molar-refractivity contribution >= 4 is 47.0 Å². The second-order valence-electron chi connectivity index (χ2n) is 5.24. The number of rotatable bonds is 7. The van der Waals surface area contributed by atoms with Crippen molar-refractivity contribution in [2.75, 3.05) is 25.6 Å². The summed E-state index contributed by atoms with van der Waals surface area (Å²) < 4.78 is 48.7. The van der Waals surface area contributed by atoms with Crippen LogP contribution >= 0.6 is 35.3 Å². The minimum atomic E-state index is -4.44. The van der Waals surface area contributed by atoms with Gasteiger partial charge in [-0.25, -0.2) is 9.98 Å². The molecule has 0 unspecified atom stereocenters. The average Bonchev–Trinajstić information content (AvgIpc) is 3.11. The minimum absolute atomic E-state index is 0. The van der Waals surface area contributed by atoms with Crippen molar-refractivity contribution in [1.82, 2.24) is 10.3 Å². The summed E-state index contributed by atoms with van der Waals surface area (Å²) in [5.41, 5.74) is -0.197. The van der Waals surface area contributed by atoms with Gasteiger partial charge in [0.1, 0.15) is 5.01 Å². The van der Waals surface area contributed by atoms with E-state index >= 15 is 0 Å². The first-order valence-electron chi connectivity index (χ1n) is 8.25. The number of halogens is 4. The molecule has 0 amide bonds. The predicted molar refractivity (Wildman–Crippen MR) is 115 cm³/mol. The Labute approximate surface area is 182 Å². The number of ether oxygens (including phenoxy) is 2. The smallest absolute Gasteiger partial charge is 0.434 e. The molecule has 1 aromatic heterocycles. The van der Waals surface area contributed by atoms with Crippen molar-refractivity contribution in [3.05, 3.63) is 34.3 Å². The topological polar surface area (TPSA) is 67.8 Å². The lowest BCUT2D eigenvalue weighted by Gasteiger charge is -2.14. The highest BCUT2D eigenvalue weighted by molar-refractivity contribution is 14.0. The Hall–Kier alpha value is -1.76. The molecule has 0 saturated heterocycles. The summed E-state index contributed by atoms with van der Waals surface area (Å²) in [4.78, 5) is 7.87. The number of thiazole rings is 1. The highest BCUT2D eigenvalue weighted by atomic mass is 127. The van der Waals surface area contributed by atoms with Gasteiger partial charge in [-0.3, -0.25) is 0 Å². The van der Waals surface area contributed by atoms with Gasteiger partial charge in [0.15, 0.2) is 23.2 Å². The zero-order chi connectivity index (χ0) is 19.9. The van der Waals surface area contributed by atoms with Crippen molar-refractivity contribution < 1.29 is 22.6 Å². The molecule has 0 aliphatic carbocycles. The van der Waals surface area contributed by atoms with Gasteiger partial charge in [0, 0.05) is 23.7 Å². The third-order valence-electron chi connectivity index (χ3n) is 3.29. The lowest BCUT2D eigenvalue weighted by molar-refractivity contribution is -0.140. The molecule has 1 aromatic carbocycles. The fraction of sp³-hybridized carbons (Fsp3) is 0.412. The summed E-state index contributed by atoms with van der Waals surface area (Å²) in [6.07, 6.45) is -4.44. The Morgan fingerprint density at radius 2 is 2.00 bits per heavy atom. The SMILES string of the molecule is CCNC(=NCc1nc(C(F)(F)F)cs1)Nc1ccc(OCC)c(OC)c1.I. The van der Waals surface area contributed by atoms with Crippen LogP contribution in [0.25, 0.3) is 0 Å². The Morgan fingerprint density at radius 3 is 2.57 bits per heavy atom. The predicted octanol–water partition coefficient (Wildman–Crippen LogP) is 4.76. The van der Waals surface area contributed by atoms with Gasteiger partial charge in [0.05, 0.1) is 20.3 Å². The van der Waals surface area contributed by atoms with E-state index in [4.69, 9.17) is 9.47 Å². The van der Waals surface area contributed by atoms with Crippen LogP contribution in [0, 0.1) is 0 Å². The summed E-state index contributed by atoms with van der Waals surface area (Å²) in [7, 11) is 1.54. The number of hydrogen-bond acceptors (Lipinski definition) is 5. The van der Waals surface area contributed by atoms with Crippen molar-refractivity contribution in [2.24, 2.45) is 4.99 Å². The molecule has 0 spiro atoms. The maximum atomic E-state index is 12.6. The van der Waals surface area contributed by atoms with Crippen LogP contribution in [0.15, 0.2) is 28.6 Å². The molecular weight excluding hydrogens is 508 g/mol. The first-order chi connectivity index (χ1) is 12.9. The second-order valence-corrected chi connectivity index (χ2v) is 6.19. The van der Waals surface area contributed by atoms with Crippen LogP contribution in [0.3, 0.4) is 0 Å². The third kappa shape index (κ3) is 7.00. The van der Waals surface area contributed by atoms with Crippen molar-refractivity contribution in [2.45, 2.75) is 26.6 Å². The molecule has 1 heterocycles. The first-order valence-corrected chi connectivity index (χ1v) is 9.13. The third-order valence-corrected chi connectivity index (χ3v) is 4.12. The molecule has 0 aliphatic rings. The van der Waals surface area contributed by atoms with Crippen LogP contribution in [0.2, 0.25) is 0 Å². The summed E-state index contributed by atoms with van der Waals surface area (Å²) in [6, 6.07) is 5.32. The van der Waals surface area contributed by atoms with Crippen molar-refractivity contribution in [1.29, 1.82) is 0 Å². The summed E-state index contributed by atoms with van der Waals surface area (Å²) in [6.45, 7) is 4.91. The number of benzene rings is 1. The molecule has 0 fully saturated rings. The normalized spacial score (nSPS) is 11.6. The van der Waals surface area contributed by atoms with E-state index in [0.717, 1.165) is 16.7 Å². The number of hydrogen-bond donors (Lipinski definition) is 2. The van der Waals surface area contributed by atoms with E-state index in [-0.39, 0.29) is 35.5 Å². The highest BCUT2D eigenvalue weighted by Gasteiger charge is 2.33. The van der Waals surface area contributed by atoms with Gasteiger partial charge in [-0.05, 0) is 26.0 Å². The van der Waals surface area contributed by atoms with E-state index in [2.05, 4.69) is 20.6 Å². The minimum Gasteiger partial charge on any atom is -0.493 e. The van der Waals surface area contributed by atoms with Gasteiger partial charge in [-0.1, -0.05) is 0 Å². The Balaban J connectivity index is 0.00000392. The molecule has 28 heavy (non-hydrogen) atoms. The number of nitrogens with zero attached hydrogens (tertiary/aromatic N) is 2. The fourth-order valence-electron chi connectivity index (χ4n) is 2.12. The summed E-state index contributed by atoms with van der Waals surface area (Å²) >= 11 is 0.926. The van der Waals surface area contributed by atoms with Crippen LogP contribution in [0.1, 0.15) is 24.5 Å². The van der Waals surface area contributed by atoms with Gasteiger partial charge in [0.2, 0.25) is 0 Å². The van der Waals surface area contributed by atoms with E-state index < -0.39 is 11.9 Å². The monoisotopic (exact) mass is 530 g/mol. The molecule has 0 radical (unpaired) electrons. The van der Waals surface area contributed by atoms with Crippen LogP contribution in [0.4, 0.5) is 18.9 Å². The van der Waals surface area contributed by atoms with Crippen LogP contribution < -0.4 is 20.1 Å². The van der Waals surface area contributed by atoms with Gasteiger partial charge < -0.3 is 20.1 Å². The number of aliphatic imine (C=N–C) groups is 1. The Morgan fingerprint density at radius 1 is 1.25 bits per heavy atom. The maximum absolute atomic E-state index is 12.6. The number of aromatic nitrogens is 1. The van der Waals surface area contributed by atoms with Gasteiger partial charge >= 0.3 is 6.18 Å². The molecule has 0 bridgehead atoms. The molecule has 0 saturated carbocycles. The first kappa shape index (κ1) is 24.3. The van der Waals surface area contributed by atoms with E-state index in [0.29, 0.717) is 36.3 Å². The quantitative estimate of drug-likeness (QED) is 0.307. The summed E-state index contributed by atoms with van der Waals surface area (Å²) in [5, 5.41) is 7.40. The molecule has 2 rings (SSSR count). The molecule has 156 valence electrons. The van der Waals surface area contributed by atoms with Crippen molar-refractivity contribution in [3.8, 4) is 11.5 Å². The lowest BCUT2D eigenvalue weighted by atomic mass is 10.2. The molecule has 2 N–H and O–H groups in total. The Bertz CT molecular complexity index is 784. The number of alkyl halides is 3. The van der Waals surface area contributed by atoms with Crippen LogP contribution in [-0.2, 0) is 12.7 Å². The zero-order valence-electron chi connectivity index (χ0n) is 15.6. The summed E-state index contributed by atoms with van der Waals surface area (Å²) in [5.74, 6) is 1.61. The van der Waals surface area contributed by atoms with Crippen LogP contribution in [0.5, 0.6) is 11.5 Å². The molecule has 2 aromatic rings. The van der Waals surface area contributed by atoms with E-state index in [1.165, 1.54) is 0 Å². The Kier molecular flexibility index (Phi) is 9.79. The highest BCUT2D eigenvalue weighted by Crippen LogP contribution is 2.31. The molecular formula is C17H22F3IN4O2S. The second kappa shape index (κ2) is 11.3. The fourth-order valence-corrected chi connectivity index (χ4v) is 2.85. The van der Waals surface area contributed by atoms with Crippen LogP contribution in [-0.4, -0.2) is 31.2 Å². The number of nitrogens with one attached hydrogen (secondary N) is 2. The molecule has 0 atom stereocenters. The van der Waals surface area contributed by atoms with E-state index in [1.54, 1.807) is 25.3 Å².